The van der Waals surface area contributed by atoms with Crippen LogP contribution in [0.25, 0.3) is 0 Å². The van der Waals surface area contributed by atoms with Gasteiger partial charge in [-0.05, 0) is 33.1 Å². The van der Waals surface area contributed by atoms with Gasteiger partial charge < -0.3 is 4.74 Å². The summed E-state index contributed by atoms with van der Waals surface area (Å²) in [7, 11) is 0. The third kappa shape index (κ3) is 9.26. The SMILES string of the molecule is C=C(C)C(=O)OCCCCCC/C=C/C. The molecule has 0 N–H and O–H groups in total. The van der Waals surface area contributed by atoms with Gasteiger partial charge in [0.2, 0.25) is 0 Å². The molecule has 86 valence electrons. The Labute approximate surface area is 93.0 Å². The van der Waals surface area contributed by atoms with E-state index in [1.54, 1.807) is 6.92 Å². The maximum absolute atomic E-state index is 11.0. The van der Waals surface area contributed by atoms with Gasteiger partial charge in [-0.2, -0.15) is 0 Å². The monoisotopic (exact) mass is 210 g/mol. The summed E-state index contributed by atoms with van der Waals surface area (Å²) in [6.07, 6.45) is 9.92. The van der Waals surface area contributed by atoms with Crippen LogP contribution in [0.5, 0.6) is 0 Å². The maximum atomic E-state index is 11.0. The predicted octanol–water partition coefficient (Wildman–Crippen LogP) is 3.63. The third-order valence-corrected chi connectivity index (χ3v) is 2.08. The molecule has 0 aliphatic carbocycles. The van der Waals surface area contributed by atoms with Gasteiger partial charge in [-0.25, -0.2) is 4.79 Å². The van der Waals surface area contributed by atoms with E-state index in [2.05, 4.69) is 18.7 Å². The summed E-state index contributed by atoms with van der Waals surface area (Å²) in [6, 6.07) is 0. The number of hydrogen-bond acceptors (Lipinski definition) is 2. The first-order chi connectivity index (χ1) is 7.18. The molecule has 15 heavy (non-hydrogen) atoms. The molecule has 0 saturated carbocycles. The molecule has 0 aromatic carbocycles. The second-order valence-electron chi connectivity index (χ2n) is 3.69. The van der Waals surface area contributed by atoms with Crippen LogP contribution in [-0.4, -0.2) is 12.6 Å². The number of rotatable bonds is 8. The molecule has 0 rings (SSSR count). The first-order valence-electron chi connectivity index (χ1n) is 5.62. The van der Waals surface area contributed by atoms with Crippen LogP contribution in [-0.2, 0) is 9.53 Å². The molecule has 0 aliphatic rings. The van der Waals surface area contributed by atoms with Crippen LogP contribution < -0.4 is 0 Å². The highest BCUT2D eigenvalue weighted by Crippen LogP contribution is 2.04. The van der Waals surface area contributed by atoms with Crippen molar-refractivity contribution in [1.82, 2.24) is 0 Å². The molecule has 2 heteroatoms. The quantitative estimate of drug-likeness (QED) is 0.265. The number of unbranched alkanes of at least 4 members (excludes halogenated alkanes) is 4. The number of esters is 1. The van der Waals surface area contributed by atoms with E-state index in [-0.39, 0.29) is 5.97 Å². The number of carbonyl (C=O) groups excluding carboxylic acids is 1. The summed E-state index contributed by atoms with van der Waals surface area (Å²) in [4.78, 5) is 11.0. The summed E-state index contributed by atoms with van der Waals surface area (Å²) in [5.41, 5.74) is 0.475. The molecule has 0 aliphatic heterocycles. The lowest BCUT2D eigenvalue weighted by Crippen LogP contribution is -2.05. The van der Waals surface area contributed by atoms with Crippen LogP contribution in [0.3, 0.4) is 0 Å². The minimum Gasteiger partial charge on any atom is -0.462 e. The summed E-state index contributed by atoms with van der Waals surface area (Å²) >= 11 is 0. The molecule has 0 radical (unpaired) electrons. The van der Waals surface area contributed by atoms with Crippen LogP contribution in [0.2, 0.25) is 0 Å². The van der Waals surface area contributed by atoms with Crippen LogP contribution in [0.4, 0.5) is 0 Å². The van der Waals surface area contributed by atoms with E-state index in [0.717, 1.165) is 19.3 Å². The van der Waals surface area contributed by atoms with E-state index in [9.17, 15) is 4.79 Å². The van der Waals surface area contributed by atoms with Gasteiger partial charge in [0, 0.05) is 5.57 Å². The van der Waals surface area contributed by atoms with Crippen LogP contribution in [0.1, 0.15) is 46.0 Å². The molecule has 0 aromatic heterocycles. The van der Waals surface area contributed by atoms with Crippen molar-refractivity contribution in [1.29, 1.82) is 0 Å². The Morgan fingerprint density at radius 3 is 2.53 bits per heavy atom. The first kappa shape index (κ1) is 13.9. The van der Waals surface area contributed by atoms with Crippen molar-refractivity contribution in [3.63, 3.8) is 0 Å². The molecule has 0 spiro atoms. The highest BCUT2D eigenvalue weighted by Gasteiger charge is 2.01. The van der Waals surface area contributed by atoms with Gasteiger partial charge in [-0.1, -0.05) is 31.6 Å². The Morgan fingerprint density at radius 1 is 1.27 bits per heavy atom. The Bertz CT molecular complexity index is 217. The molecular weight excluding hydrogens is 188 g/mol. The third-order valence-electron chi connectivity index (χ3n) is 2.08. The van der Waals surface area contributed by atoms with Gasteiger partial charge in [0.1, 0.15) is 0 Å². The van der Waals surface area contributed by atoms with Gasteiger partial charge in [0.05, 0.1) is 6.61 Å². The molecule has 0 atom stereocenters. The predicted molar refractivity (Wildman–Crippen MR) is 63.7 cm³/mol. The Morgan fingerprint density at radius 2 is 1.93 bits per heavy atom. The Balaban J connectivity index is 3.18. The van der Waals surface area contributed by atoms with Crippen molar-refractivity contribution in [3.8, 4) is 0 Å². The average Bonchev–Trinajstić information content (AvgIpc) is 2.21. The van der Waals surface area contributed by atoms with E-state index in [4.69, 9.17) is 4.74 Å². The summed E-state index contributed by atoms with van der Waals surface area (Å²) in [5, 5.41) is 0. The molecular formula is C13H22O2. The van der Waals surface area contributed by atoms with Gasteiger partial charge in [0.25, 0.3) is 0 Å². The average molecular weight is 210 g/mol. The van der Waals surface area contributed by atoms with E-state index >= 15 is 0 Å². The van der Waals surface area contributed by atoms with Crippen LogP contribution >= 0.6 is 0 Å². The van der Waals surface area contributed by atoms with Crippen molar-refractivity contribution < 1.29 is 9.53 Å². The zero-order chi connectivity index (χ0) is 11.5. The van der Waals surface area contributed by atoms with Crippen molar-refractivity contribution in [2.45, 2.75) is 46.0 Å². The topological polar surface area (TPSA) is 26.3 Å². The van der Waals surface area contributed by atoms with Crippen molar-refractivity contribution in [2.24, 2.45) is 0 Å². The fourth-order valence-corrected chi connectivity index (χ4v) is 1.17. The second kappa shape index (κ2) is 9.50. The molecule has 0 fully saturated rings. The van der Waals surface area contributed by atoms with Crippen molar-refractivity contribution in [3.05, 3.63) is 24.3 Å². The zero-order valence-corrected chi connectivity index (χ0v) is 9.92. The fraction of sp³-hybridized carbons (Fsp3) is 0.615. The van der Waals surface area contributed by atoms with E-state index in [0.29, 0.717) is 12.2 Å². The lowest BCUT2D eigenvalue weighted by molar-refractivity contribution is -0.139. The second-order valence-corrected chi connectivity index (χ2v) is 3.69. The number of hydrogen-bond donors (Lipinski definition) is 0. The minimum atomic E-state index is -0.274. The Hall–Kier alpha value is -1.05. The fourth-order valence-electron chi connectivity index (χ4n) is 1.17. The van der Waals surface area contributed by atoms with E-state index < -0.39 is 0 Å². The zero-order valence-electron chi connectivity index (χ0n) is 9.92. The molecule has 0 bridgehead atoms. The molecule has 0 heterocycles. The van der Waals surface area contributed by atoms with Crippen molar-refractivity contribution in [2.75, 3.05) is 6.61 Å². The normalized spacial score (nSPS) is 10.5. The van der Waals surface area contributed by atoms with Crippen molar-refractivity contribution >= 4 is 5.97 Å². The highest BCUT2D eigenvalue weighted by atomic mass is 16.5. The van der Waals surface area contributed by atoms with E-state index in [1.165, 1.54) is 12.8 Å². The smallest absolute Gasteiger partial charge is 0.333 e. The van der Waals surface area contributed by atoms with Crippen LogP contribution in [0, 0.1) is 0 Å². The van der Waals surface area contributed by atoms with E-state index in [1.807, 2.05) is 6.92 Å². The lowest BCUT2D eigenvalue weighted by atomic mass is 10.1. The van der Waals surface area contributed by atoms with Gasteiger partial charge in [0.15, 0.2) is 0 Å². The minimum absolute atomic E-state index is 0.274. The lowest BCUT2D eigenvalue weighted by Gasteiger charge is -2.03. The molecule has 0 aromatic rings. The van der Waals surface area contributed by atoms with Gasteiger partial charge >= 0.3 is 5.97 Å². The number of allylic oxidation sites excluding steroid dienone is 2. The molecule has 2 nitrogen and oxygen atoms in total. The molecule has 0 amide bonds. The number of carbonyl (C=O) groups is 1. The van der Waals surface area contributed by atoms with Crippen LogP contribution in [0.15, 0.2) is 24.3 Å². The number of ether oxygens (including phenoxy) is 1. The summed E-state index contributed by atoms with van der Waals surface area (Å²) in [5.74, 6) is -0.274. The molecule has 0 saturated heterocycles. The Kier molecular flexibility index (Phi) is 8.84. The van der Waals surface area contributed by atoms with Gasteiger partial charge in [-0.3, -0.25) is 0 Å². The maximum Gasteiger partial charge on any atom is 0.333 e. The first-order valence-corrected chi connectivity index (χ1v) is 5.62. The van der Waals surface area contributed by atoms with Gasteiger partial charge in [-0.15, -0.1) is 0 Å². The largest absolute Gasteiger partial charge is 0.462 e. The summed E-state index contributed by atoms with van der Waals surface area (Å²) in [6.45, 7) is 7.75. The summed E-state index contributed by atoms with van der Waals surface area (Å²) < 4.78 is 4.98. The molecule has 0 unspecified atom stereocenters. The standard InChI is InChI=1S/C13H22O2/c1-4-5-6-7-8-9-10-11-15-13(14)12(2)3/h4-5H,2,6-11H2,1,3H3/b5-4+. The highest BCUT2D eigenvalue weighted by molar-refractivity contribution is 5.86.